The summed E-state index contributed by atoms with van der Waals surface area (Å²) in [7, 11) is 1.72. The SMILES string of the molecule is COCCN1CCN(CC(O)c2ccc(F)cc2)CC1C. The first-order chi connectivity index (χ1) is 10.1. The Hall–Kier alpha value is -1.01. The lowest BCUT2D eigenvalue weighted by Crippen LogP contribution is -2.53. The summed E-state index contributed by atoms with van der Waals surface area (Å²) in [6.45, 7) is 7.35. The summed E-state index contributed by atoms with van der Waals surface area (Å²) >= 11 is 0. The van der Waals surface area contributed by atoms with Gasteiger partial charge in [0.15, 0.2) is 0 Å². The van der Waals surface area contributed by atoms with Crippen molar-refractivity contribution < 1.29 is 14.2 Å². The van der Waals surface area contributed by atoms with E-state index in [2.05, 4.69) is 16.7 Å². The Kier molecular flexibility index (Phi) is 6.11. The van der Waals surface area contributed by atoms with Gasteiger partial charge in [0.25, 0.3) is 0 Å². The summed E-state index contributed by atoms with van der Waals surface area (Å²) in [5.41, 5.74) is 0.769. The predicted molar refractivity (Wildman–Crippen MR) is 80.7 cm³/mol. The van der Waals surface area contributed by atoms with Crippen molar-refractivity contribution in [2.24, 2.45) is 0 Å². The number of nitrogens with zero attached hydrogens (tertiary/aromatic N) is 2. The molecule has 1 saturated heterocycles. The van der Waals surface area contributed by atoms with Gasteiger partial charge in [-0.25, -0.2) is 4.39 Å². The van der Waals surface area contributed by atoms with E-state index in [-0.39, 0.29) is 5.82 Å². The molecule has 0 amide bonds. The number of piperazine rings is 1. The topological polar surface area (TPSA) is 35.9 Å². The fraction of sp³-hybridized carbons (Fsp3) is 0.625. The predicted octanol–water partition coefficient (Wildman–Crippen LogP) is 1.51. The van der Waals surface area contributed by atoms with Gasteiger partial charge < -0.3 is 9.84 Å². The third-order valence-electron chi connectivity index (χ3n) is 4.12. The second kappa shape index (κ2) is 7.84. The Morgan fingerprint density at radius 2 is 2.05 bits per heavy atom. The smallest absolute Gasteiger partial charge is 0.123 e. The van der Waals surface area contributed by atoms with E-state index in [9.17, 15) is 9.50 Å². The molecule has 1 aromatic rings. The molecule has 0 aromatic heterocycles. The molecule has 118 valence electrons. The molecule has 2 unspecified atom stereocenters. The maximum absolute atomic E-state index is 12.9. The fourth-order valence-corrected chi connectivity index (χ4v) is 2.81. The summed E-state index contributed by atoms with van der Waals surface area (Å²) in [5.74, 6) is -0.272. The van der Waals surface area contributed by atoms with Gasteiger partial charge in [-0.15, -0.1) is 0 Å². The molecule has 0 spiro atoms. The van der Waals surface area contributed by atoms with Crippen molar-refractivity contribution in [1.82, 2.24) is 9.80 Å². The first-order valence-corrected chi connectivity index (χ1v) is 7.49. The molecule has 0 bridgehead atoms. The molecule has 1 aliphatic rings. The summed E-state index contributed by atoms with van der Waals surface area (Å²) < 4.78 is 18.0. The zero-order valence-electron chi connectivity index (χ0n) is 12.8. The number of halogens is 1. The monoisotopic (exact) mass is 296 g/mol. The van der Waals surface area contributed by atoms with Crippen molar-refractivity contribution in [3.63, 3.8) is 0 Å². The summed E-state index contributed by atoms with van der Waals surface area (Å²) in [5, 5.41) is 10.3. The normalized spacial score (nSPS) is 22.4. The molecule has 2 atom stereocenters. The van der Waals surface area contributed by atoms with Gasteiger partial charge in [-0.3, -0.25) is 9.80 Å². The first-order valence-electron chi connectivity index (χ1n) is 7.49. The van der Waals surface area contributed by atoms with Crippen LogP contribution in [0.1, 0.15) is 18.6 Å². The van der Waals surface area contributed by atoms with Gasteiger partial charge in [0.2, 0.25) is 0 Å². The molecule has 1 N–H and O–H groups in total. The van der Waals surface area contributed by atoms with E-state index in [1.165, 1.54) is 12.1 Å². The molecular formula is C16H25FN2O2. The highest BCUT2D eigenvalue weighted by atomic mass is 19.1. The van der Waals surface area contributed by atoms with Crippen molar-refractivity contribution in [2.75, 3.05) is 46.4 Å². The van der Waals surface area contributed by atoms with E-state index in [1.54, 1.807) is 19.2 Å². The molecule has 0 radical (unpaired) electrons. The minimum absolute atomic E-state index is 0.272. The average Bonchev–Trinajstić information content (AvgIpc) is 2.47. The van der Waals surface area contributed by atoms with Crippen LogP contribution in [0, 0.1) is 5.82 Å². The van der Waals surface area contributed by atoms with Crippen LogP contribution in [0.4, 0.5) is 4.39 Å². The Bertz CT molecular complexity index is 427. The van der Waals surface area contributed by atoms with Gasteiger partial charge in [0, 0.05) is 45.9 Å². The number of ether oxygens (including phenoxy) is 1. The van der Waals surface area contributed by atoms with Crippen LogP contribution < -0.4 is 0 Å². The highest BCUT2D eigenvalue weighted by molar-refractivity contribution is 5.18. The van der Waals surface area contributed by atoms with Gasteiger partial charge >= 0.3 is 0 Å². The third-order valence-corrected chi connectivity index (χ3v) is 4.12. The van der Waals surface area contributed by atoms with E-state index in [0.29, 0.717) is 12.6 Å². The minimum atomic E-state index is -0.566. The molecule has 1 heterocycles. The number of β-amino-alcohol motifs (C(OH)–C–C–N with tert-alkyl or cyclic N) is 1. The van der Waals surface area contributed by atoms with Gasteiger partial charge in [-0.05, 0) is 24.6 Å². The van der Waals surface area contributed by atoms with Crippen molar-refractivity contribution in [2.45, 2.75) is 19.1 Å². The number of rotatable bonds is 6. The second-order valence-electron chi connectivity index (χ2n) is 5.70. The first kappa shape index (κ1) is 16.4. The quantitative estimate of drug-likeness (QED) is 0.863. The van der Waals surface area contributed by atoms with Crippen molar-refractivity contribution >= 4 is 0 Å². The molecule has 5 heteroatoms. The van der Waals surface area contributed by atoms with Crippen LogP contribution in [0.5, 0.6) is 0 Å². The van der Waals surface area contributed by atoms with Crippen LogP contribution in [0.3, 0.4) is 0 Å². The van der Waals surface area contributed by atoms with Crippen molar-refractivity contribution in [3.05, 3.63) is 35.6 Å². The van der Waals surface area contributed by atoms with Crippen molar-refractivity contribution in [3.8, 4) is 0 Å². The number of hydrogen-bond donors (Lipinski definition) is 1. The minimum Gasteiger partial charge on any atom is -0.387 e. The summed E-state index contributed by atoms with van der Waals surface area (Å²) in [6.07, 6.45) is -0.566. The van der Waals surface area contributed by atoms with E-state index in [0.717, 1.165) is 38.3 Å². The zero-order valence-corrected chi connectivity index (χ0v) is 12.8. The number of benzene rings is 1. The zero-order chi connectivity index (χ0) is 15.2. The molecule has 0 saturated carbocycles. The highest BCUT2D eigenvalue weighted by Crippen LogP contribution is 2.17. The highest BCUT2D eigenvalue weighted by Gasteiger charge is 2.24. The Morgan fingerprint density at radius 3 is 2.67 bits per heavy atom. The number of aliphatic hydroxyl groups is 1. The van der Waals surface area contributed by atoms with Crippen LogP contribution >= 0.6 is 0 Å². The average molecular weight is 296 g/mol. The Balaban J connectivity index is 1.83. The lowest BCUT2D eigenvalue weighted by atomic mass is 10.1. The molecule has 0 aliphatic carbocycles. The molecule has 21 heavy (non-hydrogen) atoms. The summed E-state index contributed by atoms with van der Waals surface area (Å²) in [4.78, 5) is 4.67. The Labute approximate surface area is 126 Å². The van der Waals surface area contributed by atoms with E-state index in [4.69, 9.17) is 4.74 Å². The number of aliphatic hydroxyl groups excluding tert-OH is 1. The standard InChI is InChI=1S/C16H25FN2O2/c1-13-11-18(7-8-19(13)9-10-21-2)12-16(20)14-3-5-15(17)6-4-14/h3-6,13,16,20H,7-12H2,1-2H3. The van der Waals surface area contributed by atoms with Crippen LogP contribution in [-0.2, 0) is 4.74 Å². The van der Waals surface area contributed by atoms with Gasteiger partial charge in [0.05, 0.1) is 12.7 Å². The lowest BCUT2D eigenvalue weighted by Gasteiger charge is -2.40. The van der Waals surface area contributed by atoms with E-state index in [1.807, 2.05) is 0 Å². The van der Waals surface area contributed by atoms with Gasteiger partial charge in [-0.2, -0.15) is 0 Å². The van der Waals surface area contributed by atoms with Crippen LogP contribution in [0.15, 0.2) is 24.3 Å². The fourth-order valence-electron chi connectivity index (χ4n) is 2.81. The maximum Gasteiger partial charge on any atom is 0.123 e. The van der Waals surface area contributed by atoms with Crippen molar-refractivity contribution in [1.29, 1.82) is 0 Å². The van der Waals surface area contributed by atoms with Gasteiger partial charge in [-0.1, -0.05) is 12.1 Å². The van der Waals surface area contributed by atoms with Crippen LogP contribution in [-0.4, -0.2) is 67.4 Å². The number of hydrogen-bond acceptors (Lipinski definition) is 4. The molecule has 4 nitrogen and oxygen atoms in total. The maximum atomic E-state index is 12.9. The largest absolute Gasteiger partial charge is 0.387 e. The van der Waals surface area contributed by atoms with Crippen LogP contribution in [0.2, 0.25) is 0 Å². The number of methoxy groups -OCH3 is 1. The summed E-state index contributed by atoms with van der Waals surface area (Å²) in [6, 6.07) is 6.54. The molecule has 1 aliphatic heterocycles. The third kappa shape index (κ3) is 4.74. The van der Waals surface area contributed by atoms with E-state index >= 15 is 0 Å². The lowest BCUT2D eigenvalue weighted by molar-refractivity contribution is 0.0330. The molecule has 2 rings (SSSR count). The molecule has 1 aromatic carbocycles. The van der Waals surface area contributed by atoms with E-state index < -0.39 is 6.10 Å². The molecule has 1 fully saturated rings. The molecular weight excluding hydrogens is 271 g/mol. The Morgan fingerprint density at radius 1 is 1.33 bits per heavy atom. The second-order valence-corrected chi connectivity index (χ2v) is 5.70. The van der Waals surface area contributed by atoms with Gasteiger partial charge in [0.1, 0.15) is 5.82 Å². The van der Waals surface area contributed by atoms with Crippen LogP contribution in [0.25, 0.3) is 0 Å².